The zero-order valence-electron chi connectivity index (χ0n) is 16.8. The predicted molar refractivity (Wildman–Crippen MR) is 110 cm³/mol. The molecule has 7 heteroatoms. The van der Waals surface area contributed by atoms with Crippen LogP contribution in [0.15, 0.2) is 30.3 Å². The van der Waals surface area contributed by atoms with Gasteiger partial charge >= 0.3 is 0 Å². The van der Waals surface area contributed by atoms with E-state index in [-0.39, 0.29) is 29.5 Å². The molecular formula is C23H28O7. The number of rotatable bonds is 10. The van der Waals surface area contributed by atoms with Crippen molar-refractivity contribution in [3.05, 3.63) is 47.0 Å². The Kier molecular flexibility index (Phi) is 7.54. The summed E-state index contributed by atoms with van der Waals surface area (Å²) in [4.78, 5) is 12.3. The molecule has 0 bridgehead atoms. The number of carbonyl (C=O) groups excluding carboxylic acids is 1. The number of carbonyl (C=O) groups is 1. The van der Waals surface area contributed by atoms with Gasteiger partial charge in [0.25, 0.3) is 0 Å². The van der Waals surface area contributed by atoms with Crippen LogP contribution in [0.1, 0.15) is 42.4 Å². The number of phenolic OH excluding ortho intramolecular Hbond substituents is 2. The minimum Gasteiger partial charge on any atom is -0.504 e. The van der Waals surface area contributed by atoms with Crippen molar-refractivity contribution >= 4 is 5.78 Å². The Labute approximate surface area is 175 Å². The van der Waals surface area contributed by atoms with Crippen molar-refractivity contribution in [2.45, 2.75) is 51.0 Å². The van der Waals surface area contributed by atoms with E-state index in [9.17, 15) is 20.1 Å². The molecule has 2 aromatic rings. The lowest BCUT2D eigenvalue weighted by Crippen LogP contribution is -2.16. The fourth-order valence-electron chi connectivity index (χ4n) is 3.72. The molecule has 0 saturated heterocycles. The third kappa shape index (κ3) is 5.64. The molecule has 0 amide bonds. The maximum absolute atomic E-state index is 12.3. The average Bonchev–Trinajstić information content (AvgIpc) is 2.74. The standard InChI is InChI=1S/C23H28O7/c24-14-30-22-12-15(4-9-20(22)27)3-7-17(25)13-18(26)8-5-16-6-10-21(28)23-19(16)2-1-11-29-23/h4,6,9-10,12,17,24-25,27-28H,1-3,5,7-8,11,13-14H2. The highest BCUT2D eigenvalue weighted by atomic mass is 16.6. The highest BCUT2D eigenvalue weighted by Crippen LogP contribution is 2.36. The van der Waals surface area contributed by atoms with Gasteiger partial charge in [-0.2, -0.15) is 0 Å². The average molecular weight is 416 g/mol. The second-order valence-corrected chi connectivity index (χ2v) is 7.51. The second-order valence-electron chi connectivity index (χ2n) is 7.51. The van der Waals surface area contributed by atoms with E-state index in [1.54, 1.807) is 18.2 Å². The van der Waals surface area contributed by atoms with E-state index in [2.05, 4.69) is 0 Å². The molecular weight excluding hydrogens is 388 g/mol. The van der Waals surface area contributed by atoms with Crippen molar-refractivity contribution in [3.63, 3.8) is 0 Å². The first-order valence-electron chi connectivity index (χ1n) is 10.2. The monoisotopic (exact) mass is 416 g/mol. The van der Waals surface area contributed by atoms with Gasteiger partial charge in [-0.15, -0.1) is 0 Å². The number of hydrogen-bond donors (Lipinski definition) is 4. The van der Waals surface area contributed by atoms with Gasteiger partial charge in [-0.05, 0) is 61.4 Å². The first kappa shape index (κ1) is 21.9. The molecule has 2 aromatic carbocycles. The molecule has 4 N–H and O–H groups in total. The van der Waals surface area contributed by atoms with Crippen LogP contribution in [0.5, 0.6) is 23.0 Å². The molecule has 1 atom stereocenters. The van der Waals surface area contributed by atoms with Crippen molar-refractivity contribution < 1.29 is 34.7 Å². The molecule has 0 saturated carbocycles. The van der Waals surface area contributed by atoms with Crippen LogP contribution in [0.25, 0.3) is 0 Å². The van der Waals surface area contributed by atoms with E-state index < -0.39 is 12.9 Å². The molecule has 0 aromatic heterocycles. The minimum absolute atomic E-state index is 0.0175. The van der Waals surface area contributed by atoms with Gasteiger partial charge in [0.05, 0.1) is 12.7 Å². The number of fused-ring (bicyclic) bond motifs is 1. The number of benzene rings is 2. The van der Waals surface area contributed by atoms with Crippen LogP contribution in [0.2, 0.25) is 0 Å². The van der Waals surface area contributed by atoms with Crippen LogP contribution in [-0.2, 0) is 24.1 Å². The Hall–Kier alpha value is -2.77. The van der Waals surface area contributed by atoms with Gasteiger partial charge < -0.3 is 29.9 Å². The predicted octanol–water partition coefficient (Wildman–Crippen LogP) is 2.64. The summed E-state index contributed by atoms with van der Waals surface area (Å²) in [6, 6.07) is 8.23. The summed E-state index contributed by atoms with van der Waals surface area (Å²) in [7, 11) is 0. The maximum atomic E-state index is 12.3. The molecule has 30 heavy (non-hydrogen) atoms. The second kappa shape index (κ2) is 10.3. The van der Waals surface area contributed by atoms with E-state index in [0.717, 1.165) is 29.5 Å². The first-order valence-corrected chi connectivity index (χ1v) is 10.2. The van der Waals surface area contributed by atoms with Crippen LogP contribution in [0.3, 0.4) is 0 Å². The number of ketones is 1. The molecule has 162 valence electrons. The number of Topliss-reactive ketones (excluding diaryl/α,β-unsaturated/α-hetero) is 1. The third-order valence-corrected chi connectivity index (χ3v) is 5.30. The molecule has 0 radical (unpaired) electrons. The van der Waals surface area contributed by atoms with Crippen LogP contribution in [0, 0.1) is 0 Å². The van der Waals surface area contributed by atoms with Gasteiger partial charge in [0, 0.05) is 18.4 Å². The van der Waals surface area contributed by atoms with E-state index >= 15 is 0 Å². The molecule has 3 rings (SSSR count). The maximum Gasteiger partial charge on any atom is 0.186 e. The van der Waals surface area contributed by atoms with E-state index in [0.29, 0.717) is 38.0 Å². The number of ether oxygens (including phenoxy) is 2. The summed E-state index contributed by atoms with van der Waals surface area (Å²) >= 11 is 0. The SMILES string of the molecule is O=C(CCc1ccc(O)c2c1CCCO2)CC(O)CCc1ccc(O)c(OCO)c1. The molecule has 0 spiro atoms. The Bertz CT molecular complexity index is 878. The van der Waals surface area contributed by atoms with Crippen LogP contribution < -0.4 is 9.47 Å². The Morgan fingerprint density at radius 3 is 2.73 bits per heavy atom. The summed E-state index contributed by atoms with van der Waals surface area (Å²) in [6.07, 6.45) is 2.82. The van der Waals surface area contributed by atoms with Crippen LogP contribution >= 0.6 is 0 Å². The van der Waals surface area contributed by atoms with Gasteiger partial charge in [-0.1, -0.05) is 12.1 Å². The van der Waals surface area contributed by atoms with Crippen LogP contribution in [0.4, 0.5) is 0 Å². The van der Waals surface area contributed by atoms with E-state index in [4.69, 9.17) is 14.6 Å². The lowest BCUT2D eigenvalue weighted by molar-refractivity contribution is -0.121. The fraction of sp³-hybridized carbons (Fsp3) is 0.435. The van der Waals surface area contributed by atoms with Gasteiger partial charge in [0.1, 0.15) is 5.78 Å². The molecule has 1 aliphatic rings. The highest BCUT2D eigenvalue weighted by molar-refractivity contribution is 5.79. The lowest BCUT2D eigenvalue weighted by atomic mass is 9.94. The summed E-state index contributed by atoms with van der Waals surface area (Å²) in [5, 5.41) is 38.7. The van der Waals surface area contributed by atoms with Gasteiger partial charge in [-0.25, -0.2) is 0 Å². The van der Waals surface area contributed by atoms with Gasteiger partial charge in [-0.3, -0.25) is 4.79 Å². The first-order chi connectivity index (χ1) is 14.5. The van der Waals surface area contributed by atoms with Crippen LogP contribution in [-0.4, -0.2) is 45.7 Å². The largest absolute Gasteiger partial charge is 0.504 e. The Morgan fingerprint density at radius 2 is 1.93 bits per heavy atom. The number of aryl methyl sites for hydroxylation is 2. The van der Waals surface area contributed by atoms with Crippen molar-refractivity contribution in [1.29, 1.82) is 0 Å². The third-order valence-electron chi connectivity index (χ3n) is 5.30. The van der Waals surface area contributed by atoms with Crippen molar-refractivity contribution in [2.75, 3.05) is 13.4 Å². The normalized spacial score (nSPS) is 13.9. The lowest BCUT2D eigenvalue weighted by Gasteiger charge is -2.21. The molecule has 1 heterocycles. The topological polar surface area (TPSA) is 116 Å². The van der Waals surface area contributed by atoms with Crippen molar-refractivity contribution in [3.8, 4) is 23.0 Å². The number of aliphatic hydroxyl groups excluding tert-OH is 2. The highest BCUT2D eigenvalue weighted by Gasteiger charge is 2.19. The van der Waals surface area contributed by atoms with E-state index in [1.165, 1.54) is 6.07 Å². The molecule has 0 aliphatic carbocycles. The summed E-state index contributed by atoms with van der Waals surface area (Å²) in [5.74, 6) is 0.768. The number of phenols is 2. The summed E-state index contributed by atoms with van der Waals surface area (Å²) in [6.45, 7) is 0.0499. The molecule has 1 aliphatic heterocycles. The zero-order valence-corrected chi connectivity index (χ0v) is 16.8. The van der Waals surface area contributed by atoms with Crippen molar-refractivity contribution in [1.82, 2.24) is 0 Å². The van der Waals surface area contributed by atoms with Gasteiger partial charge in [0.2, 0.25) is 0 Å². The zero-order chi connectivity index (χ0) is 21.5. The Morgan fingerprint density at radius 1 is 1.13 bits per heavy atom. The quantitative estimate of drug-likeness (QED) is 0.440. The molecule has 0 fully saturated rings. The van der Waals surface area contributed by atoms with Crippen molar-refractivity contribution in [2.24, 2.45) is 0 Å². The van der Waals surface area contributed by atoms with Gasteiger partial charge in [0.15, 0.2) is 29.8 Å². The molecule has 7 nitrogen and oxygen atoms in total. The minimum atomic E-state index is -0.759. The molecule has 1 unspecified atom stereocenters. The smallest absolute Gasteiger partial charge is 0.186 e. The number of hydrogen-bond acceptors (Lipinski definition) is 7. The Balaban J connectivity index is 1.48. The summed E-state index contributed by atoms with van der Waals surface area (Å²) in [5.41, 5.74) is 2.81. The fourth-order valence-corrected chi connectivity index (χ4v) is 3.72. The number of aliphatic hydroxyl groups is 2. The summed E-state index contributed by atoms with van der Waals surface area (Å²) < 4.78 is 10.5. The number of aromatic hydroxyl groups is 2. The van der Waals surface area contributed by atoms with E-state index in [1.807, 2.05) is 6.07 Å².